The Morgan fingerprint density at radius 1 is 1.20 bits per heavy atom. The lowest BCUT2D eigenvalue weighted by Gasteiger charge is -2.34. The lowest BCUT2D eigenvalue weighted by atomic mass is 10.1. The van der Waals surface area contributed by atoms with Gasteiger partial charge in [-0.3, -0.25) is 14.4 Å². The van der Waals surface area contributed by atoms with Gasteiger partial charge in [-0.25, -0.2) is 0 Å². The van der Waals surface area contributed by atoms with E-state index in [4.69, 9.17) is 23.2 Å². The zero-order chi connectivity index (χ0) is 18.0. The number of amides is 1. The number of aromatic nitrogens is 2. The minimum Gasteiger partial charge on any atom is -0.336 e. The van der Waals surface area contributed by atoms with Gasteiger partial charge in [0.2, 0.25) is 0 Å². The monoisotopic (exact) mass is 380 g/mol. The van der Waals surface area contributed by atoms with Crippen LogP contribution in [0.25, 0.3) is 0 Å². The zero-order valence-corrected chi connectivity index (χ0v) is 16.0. The molecule has 1 aromatic carbocycles. The maximum Gasteiger partial charge on any atom is 0.257 e. The summed E-state index contributed by atoms with van der Waals surface area (Å²) in [5.74, 6) is 0.0707. The number of aryl methyl sites for hydroxylation is 1. The molecule has 0 unspecified atom stereocenters. The van der Waals surface area contributed by atoms with E-state index in [1.807, 2.05) is 35.6 Å². The first kappa shape index (κ1) is 18.2. The van der Waals surface area contributed by atoms with Crippen LogP contribution in [0.2, 0.25) is 10.0 Å². The van der Waals surface area contributed by atoms with E-state index >= 15 is 0 Å². The normalized spacial score (nSPS) is 15.6. The van der Waals surface area contributed by atoms with Gasteiger partial charge in [-0.1, -0.05) is 29.3 Å². The maximum absolute atomic E-state index is 12.7. The van der Waals surface area contributed by atoms with Crippen LogP contribution in [0.5, 0.6) is 0 Å². The fourth-order valence-corrected chi connectivity index (χ4v) is 3.61. The summed E-state index contributed by atoms with van der Waals surface area (Å²) >= 11 is 12.2. The molecule has 0 atom stereocenters. The van der Waals surface area contributed by atoms with Gasteiger partial charge in [0, 0.05) is 55.0 Å². The van der Waals surface area contributed by atoms with Gasteiger partial charge in [-0.2, -0.15) is 5.10 Å². The molecule has 2 aromatic rings. The van der Waals surface area contributed by atoms with Crippen molar-refractivity contribution in [2.45, 2.75) is 26.9 Å². The van der Waals surface area contributed by atoms with E-state index in [-0.39, 0.29) is 5.91 Å². The van der Waals surface area contributed by atoms with Gasteiger partial charge in [0.1, 0.15) is 0 Å². The molecule has 0 aliphatic carbocycles. The summed E-state index contributed by atoms with van der Waals surface area (Å²) < 4.78 is 1.85. The van der Waals surface area contributed by atoms with E-state index in [1.165, 1.54) is 0 Å². The number of halogens is 2. The number of hydrogen-bond acceptors (Lipinski definition) is 3. The van der Waals surface area contributed by atoms with Crippen molar-refractivity contribution in [1.82, 2.24) is 19.6 Å². The fraction of sp³-hybridized carbons (Fsp3) is 0.444. The van der Waals surface area contributed by atoms with Gasteiger partial charge < -0.3 is 4.90 Å². The van der Waals surface area contributed by atoms with Crippen LogP contribution in [0.1, 0.15) is 28.5 Å². The Kier molecular flexibility index (Phi) is 5.67. The molecule has 0 radical (unpaired) electrons. The van der Waals surface area contributed by atoms with Crippen molar-refractivity contribution in [3.63, 3.8) is 0 Å². The third-order valence-corrected chi connectivity index (χ3v) is 5.29. The van der Waals surface area contributed by atoms with E-state index in [0.717, 1.165) is 37.4 Å². The Morgan fingerprint density at radius 2 is 1.92 bits per heavy atom. The lowest BCUT2D eigenvalue weighted by Crippen LogP contribution is -2.48. The second-order valence-electron chi connectivity index (χ2n) is 6.26. The number of rotatable bonds is 4. The van der Waals surface area contributed by atoms with Crippen molar-refractivity contribution in [3.05, 3.63) is 51.3 Å². The molecule has 0 N–H and O–H groups in total. The van der Waals surface area contributed by atoms with E-state index in [2.05, 4.69) is 10.00 Å². The molecule has 5 nitrogen and oxygen atoms in total. The van der Waals surface area contributed by atoms with Crippen molar-refractivity contribution in [2.75, 3.05) is 26.2 Å². The summed E-state index contributed by atoms with van der Waals surface area (Å²) in [6, 6.07) is 5.59. The number of piperazine rings is 1. The predicted octanol–water partition coefficient (Wildman–Crippen LogP) is 3.48. The topological polar surface area (TPSA) is 41.4 Å². The maximum atomic E-state index is 12.7. The number of benzene rings is 1. The molecule has 1 aliphatic rings. The van der Waals surface area contributed by atoms with E-state index in [0.29, 0.717) is 28.7 Å². The molecule has 7 heteroatoms. The summed E-state index contributed by atoms with van der Waals surface area (Å²) in [5.41, 5.74) is 2.70. The summed E-state index contributed by atoms with van der Waals surface area (Å²) in [5, 5.41) is 5.61. The number of hydrogen-bond donors (Lipinski definition) is 0. The molecule has 25 heavy (non-hydrogen) atoms. The summed E-state index contributed by atoms with van der Waals surface area (Å²) in [6.45, 7) is 8.58. The van der Waals surface area contributed by atoms with E-state index in [9.17, 15) is 4.79 Å². The second kappa shape index (κ2) is 7.77. The minimum atomic E-state index is 0.0707. The molecule has 1 aliphatic heterocycles. The quantitative estimate of drug-likeness (QED) is 0.815. The molecule has 0 spiro atoms. The molecule has 1 aromatic heterocycles. The highest BCUT2D eigenvalue weighted by molar-refractivity contribution is 6.35. The van der Waals surface area contributed by atoms with Crippen molar-refractivity contribution in [2.24, 2.45) is 0 Å². The number of nitrogens with zero attached hydrogens (tertiary/aromatic N) is 4. The summed E-state index contributed by atoms with van der Waals surface area (Å²) in [6.07, 6.45) is 1.68. The van der Waals surface area contributed by atoms with Gasteiger partial charge in [0.15, 0.2) is 0 Å². The molecule has 134 valence electrons. The number of carbonyl (C=O) groups excluding carboxylic acids is 1. The Labute approximate surface area is 158 Å². The summed E-state index contributed by atoms with van der Waals surface area (Å²) in [4.78, 5) is 16.9. The van der Waals surface area contributed by atoms with Gasteiger partial charge in [0.05, 0.1) is 11.8 Å². The van der Waals surface area contributed by atoms with E-state index < -0.39 is 0 Å². The highest BCUT2D eigenvalue weighted by atomic mass is 35.5. The van der Waals surface area contributed by atoms with Crippen LogP contribution in [0.4, 0.5) is 0 Å². The van der Waals surface area contributed by atoms with Crippen molar-refractivity contribution in [1.29, 1.82) is 0 Å². The van der Waals surface area contributed by atoms with Crippen LogP contribution in [-0.2, 0) is 13.1 Å². The minimum absolute atomic E-state index is 0.0707. The first-order valence-corrected chi connectivity index (χ1v) is 9.23. The highest BCUT2D eigenvalue weighted by Crippen LogP contribution is 2.23. The van der Waals surface area contributed by atoms with Crippen molar-refractivity contribution < 1.29 is 4.79 Å². The van der Waals surface area contributed by atoms with Crippen molar-refractivity contribution >= 4 is 29.1 Å². The molecule has 0 saturated carbocycles. The first-order valence-electron chi connectivity index (χ1n) is 8.47. The largest absolute Gasteiger partial charge is 0.336 e. The standard InChI is InChI=1S/C18H22Cl2N4O/c1-3-24-13(2)16(11-21-24)18(25)23-8-6-22(7-9-23)12-14-4-5-15(19)10-17(14)20/h4-5,10-11H,3,6-9,12H2,1-2H3. The molecule has 1 amide bonds. The molecular weight excluding hydrogens is 359 g/mol. The molecule has 1 fully saturated rings. The van der Waals surface area contributed by atoms with Crippen LogP contribution in [-0.4, -0.2) is 51.7 Å². The van der Waals surface area contributed by atoms with Crippen LogP contribution >= 0.6 is 23.2 Å². The van der Waals surface area contributed by atoms with E-state index in [1.54, 1.807) is 12.3 Å². The molecule has 2 heterocycles. The molecule has 0 bridgehead atoms. The summed E-state index contributed by atoms with van der Waals surface area (Å²) in [7, 11) is 0. The molecule has 3 rings (SSSR count). The number of carbonyl (C=O) groups is 1. The lowest BCUT2D eigenvalue weighted by molar-refractivity contribution is 0.0627. The highest BCUT2D eigenvalue weighted by Gasteiger charge is 2.25. The van der Waals surface area contributed by atoms with Gasteiger partial charge in [-0.15, -0.1) is 0 Å². The average Bonchev–Trinajstić information content (AvgIpc) is 2.98. The first-order chi connectivity index (χ1) is 12.0. The Morgan fingerprint density at radius 3 is 2.52 bits per heavy atom. The third-order valence-electron chi connectivity index (χ3n) is 4.70. The Hall–Kier alpha value is -1.56. The van der Waals surface area contributed by atoms with Crippen LogP contribution < -0.4 is 0 Å². The Balaban J connectivity index is 1.59. The average molecular weight is 381 g/mol. The van der Waals surface area contributed by atoms with Crippen LogP contribution in [0.3, 0.4) is 0 Å². The molecule has 1 saturated heterocycles. The van der Waals surface area contributed by atoms with Crippen molar-refractivity contribution in [3.8, 4) is 0 Å². The zero-order valence-electron chi connectivity index (χ0n) is 14.5. The smallest absolute Gasteiger partial charge is 0.257 e. The van der Waals surface area contributed by atoms with Gasteiger partial charge in [0.25, 0.3) is 5.91 Å². The third kappa shape index (κ3) is 4.00. The second-order valence-corrected chi connectivity index (χ2v) is 7.11. The molecular formula is C18H22Cl2N4O. The predicted molar refractivity (Wildman–Crippen MR) is 100 cm³/mol. The van der Waals surface area contributed by atoms with Gasteiger partial charge >= 0.3 is 0 Å². The Bertz CT molecular complexity index is 766. The fourth-order valence-electron chi connectivity index (χ4n) is 3.15. The van der Waals surface area contributed by atoms with Crippen LogP contribution in [0.15, 0.2) is 24.4 Å². The SMILES string of the molecule is CCn1ncc(C(=O)N2CCN(Cc3ccc(Cl)cc3Cl)CC2)c1C. The van der Waals surface area contributed by atoms with Crippen LogP contribution in [0, 0.1) is 6.92 Å². The van der Waals surface area contributed by atoms with Gasteiger partial charge in [-0.05, 0) is 31.5 Å².